The first kappa shape index (κ1) is 20.0. The topological polar surface area (TPSA) is 29.5 Å². The summed E-state index contributed by atoms with van der Waals surface area (Å²) < 4.78 is 5.48. The van der Waals surface area contributed by atoms with E-state index in [4.69, 9.17) is 27.9 Å². The third kappa shape index (κ3) is 5.18. The van der Waals surface area contributed by atoms with Crippen LogP contribution < -0.4 is 0 Å². The molecule has 2 aromatic carbocycles. The number of hydrogen-bond acceptors (Lipinski definition) is 2. The number of hydrogen-bond donors (Lipinski definition) is 0. The first-order chi connectivity index (χ1) is 12.7. The molecule has 0 atom stereocenters. The standard InChI is InChI=1S/C22H25Cl2NO2/c1-22(2,3)27-21(26)25-11-9-15(10-12-25)16-5-4-6-17(13-16)19-8-7-18(23)14-20(19)24/h4-8,13-15H,9-12H2,1-3H3. The highest BCUT2D eigenvalue weighted by atomic mass is 35.5. The Hall–Kier alpha value is -1.71. The summed E-state index contributed by atoms with van der Waals surface area (Å²) in [5.41, 5.74) is 2.89. The van der Waals surface area contributed by atoms with Gasteiger partial charge in [0.2, 0.25) is 0 Å². The molecule has 0 N–H and O–H groups in total. The van der Waals surface area contributed by atoms with Crippen LogP contribution in [-0.4, -0.2) is 29.7 Å². The Balaban J connectivity index is 1.69. The van der Waals surface area contributed by atoms with Gasteiger partial charge in [0.05, 0.1) is 0 Å². The second-order valence-corrected chi connectivity index (χ2v) is 8.83. The van der Waals surface area contributed by atoms with Gasteiger partial charge in [-0.25, -0.2) is 4.79 Å². The Labute approximate surface area is 171 Å². The lowest BCUT2D eigenvalue weighted by Gasteiger charge is -2.33. The van der Waals surface area contributed by atoms with Crippen molar-refractivity contribution in [2.45, 2.75) is 45.1 Å². The average molecular weight is 406 g/mol. The summed E-state index contributed by atoms with van der Waals surface area (Å²) in [6.45, 7) is 7.11. The first-order valence-electron chi connectivity index (χ1n) is 9.26. The molecular formula is C22H25Cl2NO2. The highest BCUT2D eigenvalue weighted by Crippen LogP contribution is 2.34. The van der Waals surface area contributed by atoms with E-state index in [9.17, 15) is 4.79 Å². The molecule has 144 valence electrons. The summed E-state index contributed by atoms with van der Waals surface area (Å²) in [5.74, 6) is 0.426. The largest absolute Gasteiger partial charge is 0.444 e. The Morgan fingerprint density at radius 3 is 2.41 bits per heavy atom. The quantitative estimate of drug-likeness (QED) is 0.551. The molecule has 0 radical (unpaired) electrons. The fourth-order valence-corrected chi connectivity index (χ4v) is 3.92. The lowest BCUT2D eigenvalue weighted by Crippen LogP contribution is -2.41. The predicted octanol–water partition coefficient (Wildman–Crippen LogP) is 6.77. The van der Waals surface area contributed by atoms with Crippen LogP contribution >= 0.6 is 23.2 Å². The number of halogens is 2. The molecule has 0 unspecified atom stereocenters. The van der Waals surface area contributed by atoms with Gasteiger partial charge in [0.1, 0.15) is 5.60 Å². The smallest absolute Gasteiger partial charge is 0.410 e. The third-order valence-electron chi connectivity index (χ3n) is 4.75. The van der Waals surface area contributed by atoms with Gasteiger partial charge in [0.15, 0.2) is 0 Å². The summed E-state index contributed by atoms with van der Waals surface area (Å²) in [6.07, 6.45) is 1.64. The minimum Gasteiger partial charge on any atom is -0.444 e. The predicted molar refractivity (Wildman–Crippen MR) is 112 cm³/mol. The Morgan fingerprint density at radius 2 is 1.78 bits per heavy atom. The highest BCUT2D eigenvalue weighted by Gasteiger charge is 2.27. The number of rotatable bonds is 2. The van der Waals surface area contributed by atoms with Gasteiger partial charge in [0.25, 0.3) is 0 Å². The molecule has 0 aliphatic carbocycles. The zero-order valence-electron chi connectivity index (χ0n) is 16.0. The van der Waals surface area contributed by atoms with E-state index in [0.717, 1.165) is 24.0 Å². The summed E-state index contributed by atoms with van der Waals surface area (Å²) in [5, 5.41) is 1.29. The molecule has 0 bridgehead atoms. The molecule has 0 aromatic heterocycles. The minimum absolute atomic E-state index is 0.220. The van der Waals surface area contributed by atoms with Gasteiger partial charge in [-0.3, -0.25) is 0 Å². The van der Waals surface area contributed by atoms with Gasteiger partial charge >= 0.3 is 6.09 Å². The fourth-order valence-electron chi connectivity index (χ4n) is 3.41. The number of benzene rings is 2. The van der Waals surface area contributed by atoms with Gasteiger partial charge in [-0.05, 0) is 62.8 Å². The van der Waals surface area contributed by atoms with E-state index in [1.807, 2.05) is 37.8 Å². The Bertz CT molecular complexity index is 821. The zero-order valence-corrected chi connectivity index (χ0v) is 17.5. The third-order valence-corrected chi connectivity index (χ3v) is 5.29. The molecule has 1 aliphatic heterocycles. The van der Waals surface area contributed by atoms with Crippen LogP contribution in [0.25, 0.3) is 11.1 Å². The molecule has 1 amide bonds. The molecule has 27 heavy (non-hydrogen) atoms. The maximum atomic E-state index is 12.2. The summed E-state index contributed by atoms with van der Waals surface area (Å²) in [4.78, 5) is 14.0. The number of likely N-dealkylation sites (tertiary alicyclic amines) is 1. The number of amides is 1. The van der Waals surface area contributed by atoms with E-state index >= 15 is 0 Å². The van der Waals surface area contributed by atoms with Gasteiger partial charge < -0.3 is 9.64 Å². The van der Waals surface area contributed by atoms with Crippen LogP contribution in [0.1, 0.15) is 45.1 Å². The van der Waals surface area contributed by atoms with Crippen LogP contribution in [0.2, 0.25) is 10.0 Å². The molecule has 5 heteroatoms. The van der Waals surface area contributed by atoms with Crippen molar-refractivity contribution < 1.29 is 9.53 Å². The van der Waals surface area contributed by atoms with Crippen molar-refractivity contribution in [3.05, 3.63) is 58.1 Å². The lowest BCUT2D eigenvalue weighted by molar-refractivity contribution is 0.0205. The van der Waals surface area contributed by atoms with Crippen LogP contribution in [-0.2, 0) is 4.74 Å². The van der Waals surface area contributed by atoms with Gasteiger partial charge in [0, 0.05) is 28.7 Å². The molecule has 1 saturated heterocycles. The minimum atomic E-state index is -0.458. The molecular weight excluding hydrogens is 381 g/mol. The van der Waals surface area contributed by atoms with Gasteiger partial charge in [-0.2, -0.15) is 0 Å². The van der Waals surface area contributed by atoms with Crippen LogP contribution in [0.5, 0.6) is 0 Å². The normalized spacial score (nSPS) is 15.7. The van der Waals surface area contributed by atoms with Crippen molar-refractivity contribution in [2.24, 2.45) is 0 Å². The van der Waals surface area contributed by atoms with Gasteiger partial charge in [-0.1, -0.05) is 53.5 Å². The van der Waals surface area contributed by atoms with E-state index in [1.54, 1.807) is 6.07 Å². The maximum Gasteiger partial charge on any atom is 0.410 e. The summed E-state index contributed by atoms with van der Waals surface area (Å²) >= 11 is 12.4. The van der Waals surface area contributed by atoms with E-state index in [2.05, 4.69) is 24.3 Å². The number of piperidine rings is 1. The molecule has 1 heterocycles. The van der Waals surface area contributed by atoms with Crippen LogP contribution in [0.4, 0.5) is 4.79 Å². The Kier molecular flexibility index (Phi) is 6.02. The number of carbonyl (C=O) groups is 1. The maximum absolute atomic E-state index is 12.2. The molecule has 1 fully saturated rings. The summed E-state index contributed by atoms with van der Waals surface area (Å²) in [6, 6.07) is 14.1. The first-order valence-corrected chi connectivity index (χ1v) is 10.0. The van der Waals surface area contributed by atoms with Crippen molar-refractivity contribution in [1.29, 1.82) is 0 Å². The van der Waals surface area contributed by atoms with Crippen molar-refractivity contribution in [1.82, 2.24) is 4.90 Å². The van der Waals surface area contributed by atoms with E-state index < -0.39 is 5.60 Å². The molecule has 2 aromatic rings. The SMILES string of the molecule is CC(C)(C)OC(=O)N1CCC(c2cccc(-c3ccc(Cl)cc3Cl)c2)CC1. The number of carbonyl (C=O) groups excluding carboxylic acids is 1. The van der Waals surface area contributed by atoms with Crippen molar-refractivity contribution in [2.75, 3.05) is 13.1 Å². The monoisotopic (exact) mass is 405 g/mol. The van der Waals surface area contributed by atoms with Crippen molar-refractivity contribution in [3.63, 3.8) is 0 Å². The molecule has 0 saturated carbocycles. The second kappa shape index (κ2) is 8.12. The van der Waals surface area contributed by atoms with E-state index in [0.29, 0.717) is 29.1 Å². The zero-order chi connectivity index (χ0) is 19.6. The van der Waals surface area contributed by atoms with Crippen LogP contribution in [0.15, 0.2) is 42.5 Å². The number of ether oxygens (including phenoxy) is 1. The molecule has 0 spiro atoms. The molecule has 1 aliphatic rings. The average Bonchev–Trinajstić information content (AvgIpc) is 2.60. The lowest BCUT2D eigenvalue weighted by atomic mass is 9.88. The molecule has 3 rings (SSSR count). The van der Waals surface area contributed by atoms with Crippen LogP contribution in [0, 0.1) is 0 Å². The van der Waals surface area contributed by atoms with E-state index in [1.165, 1.54) is 5.56 Å². The highest BCUT2D eigenvalue weighted by molar-refractivity contribution is 6.36. The van der Waals surface area contributed by atoms with Gasteiger partial charge in [-0.15, -0.1) is 0 Å². The van der Waals surface area contributed by atoms with Crippen LogP contribution in [0.3, 0.4) is 0 Å². The van der Waals surface area contributed by atoms with E-state index in [-0.39, 0.29) is 6.09 Å². The Morgan fingerprint density at radius 1 is 1.07 bits per heavy atom. The second-order valence-electron chi connectivity index (χ2n) is 7.99. The van der Waals surface area contributed by atoms with Crippen molar-refractivity contribution in [3.8, 4) is 11.1 Å². The van der Waals surface area contributed by atoms with Crippen molar-refractivity contribution >= 4 is 29.3 Å². The summed E-state index contributed by atoms with van der Waals surface area (Å²) in [7, 11) is 0. The fraction of sp³-hybridized carbons (Fsp3) is 0.409. The number of nitrogens with zero attached hydrogens (tertiary/aromatic N) is 1. The molecule has 3 nitrogen and oxygen atoms in total.